The van der Waals surface area contributed by atoms with Crippen molar-refractivity contribution in [2.24, 2.45) is 0 Å². The molecule has 0 saturated heterocycles. The highest BCUT2D eigenvalue weighted by atomic mass is 19.4. The third-order valence-electron chi connectivity index (χ3n) is 3.92. The van der Waals surface area contributed by atoms with Crippen molar-refractivity contribution in [3.8, 4) is 11.3 Å². The Morgan fingerprint density at radius 3 is 1.63 bits per heavy atom. The lowest BCUT2D eigenvalue weighted by Crippen LogP contribution is -2.11. The molecule has 0 saturated carbocycles. The second kappa shape index (κ2) is 6.89. The molecule has 1 aromatic heterocycles. The number of fused-ring (bicyclic) bond motifs is 1. The lowest BCUT2D eigenvalue weighted by Gasteiger charge is -2.14. The number of halogens is 6. The summed E-state index contributed by atoms with van der Waals surface area (Å²) in [6.45, 7) is 0. The van der Waals surface area contributed by atoms with Crippen LogP contribution in [0, 0.1) is 20.2 Å². The van der Waals surface area contributed by atoms with E-state index in [1.54, 1.807) is 0 Å². The summed E-state index contributed by atoms with van der Waals surface area (Å²) < 4.78 is 78.1. The van der Waals surface area contributed by atoms with Gasteiger partial charge < -0.3 is 0 Å². The molecule has 0 atom stereocenters. The number of rotatable bonds is 3. The van der Waals surface area contributed by atoms with E-state index in [2.05, 4.69) is 9.97 Å². The molecule has 0 fully saturated rings. The zero-order valence-electron chi connectivity index (χ0n) is 14.2. The third kappa shape index (κ3) is 3.97. The van der Waals surface area contributed by atoms with Gasteiger partial charge >= 0.3 is 23.7 Å². The van der Waals surface area contributed by atoms with Crippen molar-refractivity contribution in [2.45, 2.75) is 12.4 Å². The van der Waals surface area contributed by atoms with Crippen molar-refractivity contribution in [3.05, 3.63) is 67.9 Å². The van der Waals surface area contributed by atoms with Gasteiger partial charge in [0.05, 0.1) is 56.0 Å². The van der Waals surface area contributed by atoms with Crippen LogP contribution in [0.25, 0.3) is 22.3 Å². The molecule has 0 aliphatic carbocycles. The van der Waals surface area contributed by atoms with Crippen LogP contribution in [-0.4, -0.2) is 19.8 Å². The quantitative estimate of drug-likeness (QED) is 0.321. The molecule has 0 aliphatic heterocycles. The number of nitrogens with zero attached hydrogens (tertiary/aromatic N) is 4. The summed E-state index contributed by atoms with van der Waals surface area (Å²) in [6.07, 6.45) is -9.35. The second-order valence-corrected chi connectivity index (χ2v) is 5.89. The van der Waals surface area contributed by atoms with E-state index in [1.165, 1.54) is 0 Å². The standard InChI is InChI=1S/C16H6F6N4O4/c17-15(18,19)8-1-7(2-9(3-8)16(20,21)22)12-6-23-10-4-13(25(27)28)14(26(29)30)5-11(10)24-12/h1-6H. The Morgan fingerprint density at radius 2 is 1.20 bits per heavy atom. The minimum atomic E-state index is -5.08. The van der Waals surface area contributed by atoms with Crippen LogP contribution in [0.3, 0.4) is 0 Å². The number of benzene rings is 2. The summed E-state index contributed by atoms with van der Waals surface area (Å²) in [5, 5.41) is 22.0. The zero-order valence-corrected chi connectivity index (χ0v) is 14.2. The topological polar surface area (TPSA) is 112 Å². The van der Waals surface area contributed by atoms with Gasteiger partial charge in [-0.05, 0) is 18.2 Å². The maximum absolute atomic E-state index is 13.0. The van der Waals surface area contributed by atoms with Crippen LogP contribution in [0.4, 0.5) is 37.7 Å². The van der Waals surface area contributed by atoms with Crippen LogP contribution in [0.2, 0.25) is 0 Å². The van der Waals surface area contributed by atoms with Crippen molar-refractivity contribution in [3.63, 3.8) is 0 Å². The van der Waals surface area contributed by atoms with Gasteiger partial charge in [0, 0.05) is 5.56 Å². The van der Waals surface area contributed by atoms with Crippen LogP contribution in [-0.2, 0) is 12.4 Å². The molecule has 0 aliphatic rings. The maximum atomic E-state index is 13.0. The number of aromatic nitrogens is 2. The van der Waals surface area contributed by atoms with Crippen molar-refractivity contribution in [1.82, 2.24) is 9.97 Å². The molecule has 3 rings (SSSR count). The summed E-state index contributed by atoms with van der Waals surface area (Å²) in [7, 11) is 0. The summed E-state index contributed by atoms with van der Waals surface area (Å²) in [4.78, 5) is 27.4. The van der Waals surface area contributed by atoms with Crippen molar-refractivity contribution in [2.75, 3.05) is 0 Å². The van der Waals surface area contributed by atoms with E-state index in [-0.39, 0.29) is 17.1 Å². The fourth-order valence-corrected chi connectivity index (χ4v) is 2.57. The van der Waals surface area contributed by atoms with Gasteiger partial charge in [-0.15, -0.1) is 0 Å². The molecule has 0 amide bonds. The molecule has 0 unspecified atom stereocenters. The van der Waals surface area contributed by atoms with Crippen LogP contribution in [0.1, 0.15) is 11.1 Å². The second-order valence-electron chi connectivity index (χ2n) is 5.89. The number of nitro groups is 2. The van der Waals surface area contributed by atoms with Crippen LogP contribution >= 0.6 is 0 Å². The summed E-state index contributed by atoms with van der Waals surface area (Å²) >= 11 is 0. The Morgan fingerprint density at radius 1 is 0.733 bits per heavy atom. The number of hydrogen-bond acceptors (Lipinski definition) is 6. The van der Waals surface area contributed by atoms with Gasteiger partial charge in [0.2, 0.25) is 0 Å². The molecule has 0 spiro atoms. The van der Waals surface area contributed by atoms with E-state index < -0.39 is 56.0 Å². The highest BCUT2D eigenvalue weighted by Gasteiger charge is 2.37. The Hall–Kier alpha value is -3.84. The van der Waals surface area contributed by atoms with Crippen molar-refractivity contribution in [1.29, 1.82) is 0 Å². The lowest BCUT2D eigenvalue weighted by atomic mass is 10.0. The Bertz CT molecular complexity index is 1160. The number of alkyl halides is 6. The van der Waals surface area contributed by atoms with Crippen LogP contribution < -0.4 is 0 Å². The van der Waals surface area contributed by atoms with Gasteiger partial charge in [-0.2, -0.15) is 26.3 Å². The van der Waals surface area contributed by atoms with Gasteiger partial charge in [0.15, 0.2) is 0 Å². The zero-order chi connectivity index (χ0) is 22.4. The number of nitro benzene ring substituents is 2. The van der Waals surface area contributed by atoms with E-state index in [1.807, 2.05) is 0 Å². The van der Waals surface area contributed by atoms with E-state index >= 15 is 0 Å². The van der Waals surface area contributed by atoms with Gasteiger partial charge in [-0.1, -0.05) is 0 Å². The molecule has 1 heterocycles. The monoisotopic (exact) mass is 432 g/mol. The fraction of sp³-hybridized carbons (Fsp3) is 0.125. The molecule has 0 radical (unpaired) electrons. The largest absolute Gasteiger partial charge is 0.416 e. The fourth-order valence-electron chi connectivity index (χ4n) is 2.57. The average molecular weight is 432 g/mol. The van der Waals surface area contributed by atoms with Gasteiger partial charge in [0.1, 0.15) is 0 Å². The minimum absolute atomic E-state index is 0.0633. The molecule has 8 nitrogen and oxygen atoms in total. The SMILES string of the molecule is O=[N+]([O-])c1cc2ncc(-c3cc(C(F)(F)F)cc(C(F)(F)F)c3)nc2cc1[N+](=O)[O-]. The molecule has 3 aromatic rings. The van der Waals surface area contributed by atoms with Crippen molar-refractivity contribution >= 4 is 22.4 Å². The molecule has 30 heavy (non-hydrogen) atoms. The van der Waals surface area contributed by atoms with Gasteiger partial charge in [-0.25, -0.2) is 4.98 Å². The summed E-state index contributed by atoms with van der Waals surface area (Å²) in [6, 6.07) is 2.18. The smallest absolute Gasteiger partial charge is 0.258 e. The first kappa shape index (κ1) is 20.9. The molecular weight excluding hydrogens is 426 g/mol. The first-order chi connectivity index (χ1) is 13.8. The first-order valence-electron chi connectivity index (χ1n) is 7.67. The molecule has 0 bridgehead atoms. The summed E-state index contributed by atoms with van der Waals surface area (Å²) in [5.74, 6) is 0. The van der Waals surface area contributed by atoms with Crippen LogP contribution in [0.5, 0.6) is 0 Å². The van der Waals surface area contributed by atoms with Crippen LogP contribution in [0.15, 0.2) is 36.5 Å². The van der Waals surface area contributed by atoms with E-state index in [9.17, 15) is 46.6 Å². The normalized spacial score (nSPS) is 12.2. The minimum Gasteiger partial charge on any atom is -0.258 e. The first-order valence-corrected chi connectivity index (χ1v) is 7.67. The molecule has 156 valence electrons. The Labute approximate surface area is 161 Å². The number of hydrogen-bond donors (Lipinski definition) is 0. The van der Waals surface area contributed by atoms with E-state index in [4.69, 9.17) is 0 Å². The van der Waals surface area contributed by atoms with Crippen molar-refractivity contribution < 1.29 is 36.2 Å². The highest BCUT2D eigenvalue weighted by Crippen LogP contribution is 2.39. The van der Waals surface area contributed by atoms with E-state index in [0.29, 0.717) is 18.2 Å². The predicted octanol–water partition coefficient (Wildman–Crippen LogP) is 5.15. The molecular formula is C16H6F6N4O4. The maximum Gasteiger partial charge on any atom is 0.416 e. The third-order valence-corrected chi connectivity index (χ3v) is 3.92. The Balaban J connectivity index is 2.25. The Kier molecular flexibility index (Phi) is 4.80. The highest BCUT2D eigenvalue weighted by molar-refractivity contribution is 5.83. The van der Waals surface area contributed by atoms with E-state index in [0.717, 1.165) is 12.3 Å². The predicted molar refractivity (Wildman–Crippen MR) is 88.3 cm³/mol. The molecule has 2 aromatic carbocycles. The average Bonchev–Trinajstić information content (AvgIpc) is 2.64. The van der Waals surface area contributed by atoms with Gasteiger partial charge in [0.25, 0.3) is 0 Å². The lowest BCUT2D eigenvalue weighted by molar-refractivity contribution is -0.422. The molecule has 0 N–H and O–H groups in total. The molecule has 14 heteroatoms. The summed E-state index contributed by atoms with van der Waals surface area (Å²) in [5.41, 5.74) is -6.58. The van der Waals surface area contributed by atoms with Gasteiger partial charge in [-0.3, -0.25) is 25.2 Å².